The maximum Gasteiger partial charge on any atom is 0.178 e. The number of rotatable bonds is 6. The van der Waals surface area contributed by atoms with Crippen LogP contribution in [0.4, 0.5) is 4.39 Å². The number of benzene rings is 5. The number of ether oxygens (including phenoxy) is 5. The Morgan fingerprint density at radius 1 is 0.659 bits per heavy atom. The predicted octanol–water partition coefficient (Wildman–Crippen LogP) is 8.67. The smallest absolute Gasteiger partial charge is 0.178 e. The number of halogens is 1. The lowest BCUT2D eigenvalue weighted by Crippen LogP contribution is -2.35. The standard InChI is InChI=1S/C38H33FO5/c1-37(2)31-19-24(39)11-16-27(31)34-29-20-32(42-5)33(43-6)21-30(29)36-28(35(34)37)17-18-38(44-36,22-7-12-25(40-3)13-8-22)23-9-14-26(41-4)15-10-23/h7-21H,1-6H3. The Balaban J connectivity index is 1.57. The average Bonchev–Trinajstić information content (AvgIpc) is 3.29. The van der Waals surface area contributed by atoms with Crippen molar-refractivity contribution in [3.63, 3.8) is 0 Å². The van der Waals surface area contributed by atoms with Crippen molar-refractivity contribution < 1.29 is 28.1 Å². The summed E-state index contributed by atoms with van der Waals surface area (Å²) in [5, 5.41) is 1.82. The Morgan fingerprint density at radius 2 is 1.23 bits per heavy atom. The van der Waals surface area contributed by atoms with Gasteiger partial charge in [-0.1, -0.05) is 50.3 Å². The summed E-state index contributed by atoms with van der Waals surface area (Å²) in [6, 6.07) is 24.9. The van der Waals surface area contributed by atoms with Crippen molar-refractivity contribution in [1.29, 1.82) is 0 Å². The third kappa shape index (κ3) is 3.90. The van der Waals surface area contributed by atoms with Crippen LogP contribution in [0.25, 0.3) is 28.0 Å². The minimum atomic E-state index is -0.971. The third-order valence-corrected chi connectivity index (χ3v) is 9.14. The Labute approximate surface area is 256 Å². The van der Waals surface area contributed by atoms with E-state index in [0.717, 1.165) is 67.0 Å². The van der Waals surface area contributed by atoms with E-state index < -0.39 is 11.0 Å². The SMILES string of the molecule is COc1ccc(C2(c3ccc(OC)cc3)C=Cc3c4c(c5cc(OC)c(OC)cc5c3O2)-c2ccc(F)cc2C4(C)C)cc1. The molecule has 1 aliphatic carbocycles. The second kappa shape index (κ2) is 10.1. The summed E-state index contributed by atoms with van der Waals surface area (Å²) in [5.74, 6) is 3.17. The van der Waals surface area contributed by atoms with E-state index in [-0.39, 0.29) is 5.82 Å². The second-order valence-corrected chi connectivity index (χ2v) is 11.7. The van der Waals surface area contributed by atoms with Crippen LogP contribution >= 0.6 is 0 Å². The van der Waals surface area contributed by atoms with Gasteiger partial charge in [0.15, 0.2) is 17.1 Å². The maximum absolute atomic E-state index is 14.7. The van der Waals surface area contributed by atoms with Gasteiger partial charge in [0.1, 0.15) is 23.1 Å². The summed E-state index contributed by atoms with van der Waals surface area (Å²) in [6.07, 6.45) is 4.28. The maximum atomic E-state index is 14.7. The molecule has 5 aromatic carbocycles. The summed E-state index contributed by atoms with van der Waals surface area (Å²) in [4.78, 5) is 0. The quantitative estimate of drug-likeness (QED) is 0.199. The van der Waals surface area contributed by atoms with Gasteiger partial charge in [0.25, 0.3) is 0 Å². The van der Waals surface area contributed by atoms with Gasteiger partial charge in [-0.15, -0.1) is 0 Å². The molecule has 6 heteroatoms. The highest BCUT2D eigenvalue weighted by Crippen LogP contribution is 2.59. The Hall–Kier alpha value is -4.97. The Kier molecular flexibility index (Phi) is 6.36. The number of methoxy groups -OCH3 is 4. The first kappa shape index (κ1) is 27.8. The van der Waals surface area contributed by atoms with Crippen LogP contribution in [-0.4, -0.2) is 28.4 Å². The van der Waals surface area contributed by atoms with E-state index >= 15 is 0 Å². The zero-order valence-electron chi connectivity index (χ0n) is 25.6. The van der Waals surface area contributed by atoms with Gasteiger partial charge in [-0.3, -0.25) is 0 Å². The molecule has 0 aromatic heterocycles. The molecule has 7 rings (SSSR count). The summed E-state index contributed by atoms with van der Waals surface area (Å²) < 4.78 is 44.5. The highest BCUT2D eigenvalue weighted by Gasteiger charge is 2.44. The lowest BCUT2D eigenvalue weighted by atomic mass is 9.76. The zero-order chi connectivity index (χ0) is 30.8. The fourth-order valence-corrected chi connectivity index (χ4v) is 6.94. The second-order valence-electron chi connectivity index (χ2n) is 11.7. The summed E-state index contributed by atoms with van der Waals surface area (Å²) in [7, 11) is 6.57. The van der Waals surface area contributed by atoms with Gasteiger partial charge in [0.2, 0.25) is 0 Å². The van der Waals surface area contributed by atoms with Gasteiger partial charge >= 0.3 is 0 Å². The van der Waals surface area contributed by atoms with Crippen LogP contribution < -0.4 is 23.7 Å². The van der Waals surface area contributed by atoms with E-state index in [2.05, 4.69) is 26.0 Å². The molecule has 5 aromatic rings. The van der Waals surface area contributed by atoms with E-state index in [1.807, 2.05) is 66.7 Å². The summed E-state index contributed by atoms with van der Waals surface area (Å²) in [6.45, 7) is 4.29. The van der Waals surface area contributed by atoms with E-state index in [0.29, 0.717) is 11.5 Å². The molecule has 0 fully saturated rings. The van der Waals surface area contributed by atoms with Crippen molar-refractivity contribution in [1.82, 2.24) is 0 Å². The molecule has 0 amide bonds. The summed E-state index contributed by atoms with van der Waals surface area (Å²) in [5.41, 5.74) is 5.44. The van der Waals surface area contributed by atoms with Crippen molar-refractivity contribution >= 4 is 16.8 Å². The third-order valence-electron chi connectivity index (χ3n) is 9.14. The predicted molar refractivity (Wildman–Crippen MR) is 171 cm³/mol. The zero-order valence-corrected chi connectivity index (χ0v) is 25.6. The van der Waals surface area contributed by atoms with Gasteiger partial charge in [0, 0.05) is 27.5 Å². The molecule has 0 saturated heterocycles. The van der Waals surface area contributed by atoms with Crippen molar-refractivity contribution in [2.75, 3.05) is 28.4 Å². The molecule has 0 atom stereocenters. The minimum absolute atomic E-state index is 0.258. The molecular formula is C38H33FO5. The van der Waals surface area contributed by atoms with Crippen molar-refractivity contribution in [3.05, 3.63) is 119 Å². The average molecular weight is 589 g/mol. The van der Waals surface area contributed by atoms with Crippen molar-refractivity contribution in [2.24, 2.45) is 0 Å². The van der Waals surface area contributed by atoms with E-state index in [4.69, 9.17) is 23.7 Å². The molecule has 1 aliphatic heterocycles. The van der Waals surface area contributed by atoms with Crippen LogP contribution in [-0.2, 0) is 11.0 Å². The Bertz CT molecular complexity index is 1910. The normalized spacial score (nSPS) is 15.2. The Morgan fingerprint density at radius 3 is 1.77 bits per heavy atom. The van der Waals surface area contributed by atoms with Crippen LogP contribution in [0.2, 0.25) is 0 Å². The van der Waals surface area contributed by atoms with Crippen LogP contribution in [0.15, 0.2) is 84.9 Å². The van der Waals surface area contributed by atoms with Crippen LogP contribution in [0.3, 0.4) is 0 Å². The van der Waals surface area contributed by atoms with Gasteiger partial charge in [-0.05, 0) is 82.2 Å². The van der Waals surface area contributed by atoms with Gasteiger partial charge in [-0.2, -0.15) is 0 Å². The molecule has 2 aliphatic rings. The fraction of sp³-hybridized carbons (Fsp3) is 0.211. The molecule has 5 nitrogen and oxygen atoms in total. The van der Waals surface area contributed by atoms with E-state index in [1.165, 1.54) is 6.07 Å². The molecule has 0 spiro atoms. The molecule has 0 unspecified atom stereocenters. The van der Waals surface area contributed by atoms with Gasteiger partial charge < -0.3 is 23.7 Å². The molecule has 222 valence electrons. The van der Waals surface area contributed by atoms with Gasteiger partial charge in [-0.25, -0.2) is 4.39 Å². The van der Waals surface area contributed by atoms with E-state index in [1.54, 1.807) is 34.5 Å². The largest absolute Gasteiger partial charge is 0.497 e. The fourth-order valence-electron chi connectivity index (χ4n) is 6.94. The van der Waals surface area contributed by atoms with Crippen molar-refractivity contribution in [2.45, 2.75) is 24.9 Å². The molecule has 0 bridgehead atoms. The lowest BCUT2D eigenvalue weighted by molar-refractivity contribution is 0.163. The van der Waals surface area contributed by atoms with Crippen LogP contribution in [0, 0.1) is 5.82 Å². The molecule has 0 radical (unpaired) electrons. The lowest BCUT2D eigenvalue weighted by Gasteiger charge is -2.38. The number of hydrogen-bond acceptors (Lipinski definition) is 5. The minimum Gasteiger partial charge on any atom is -0.497 e. The molecule has 0 N–H and O–H groups in total. The first-order valence-corrected chi connectivity index (χ1v) is 14.5. The van der Waals surface area contributed by atoms with Crippen LogP contribution in [0.1, 0.15) is 41.7 Å². The molecule has 44 heavy (non-hydrogen) atoms. The monoisotopic (exact) mass is 588 g/mol. The van der Waals surface area contributed by atoms with Gasteiger partial charge in [0.05, 0.1) is 28.4 Å². The molecule has 0 saturated carbocycles. The first-order valence-electron chi connectivity index (χ1n) is 14.5. The highest BCUT2D eigenvalue weighted by molar-refractivity contribution is 6.09. The first-order chi connectivity index (χ1) is 21.2. The summed E-state index contributed by atoms with van der Waals surface area (Å²) >= 11 is 0. The van der Waals surface area contributed by atoms with Crippen LogP contribution in [0.5, 0.6) is 28.7 Å². The topological polar surface area (TPSA) is 46.2 Å². The van der Waals surface area contributed by atoms with E-state index in [9.17, 15) is 4.39 Å². The number of fused-ring (bicyclic) bond motifs is 8. The molecule has 1 heterocycles. The van der Waals surface area contributed by atoms with Crippen molar-refractivity contribution in [3.8, 4) is 39.9 Å². The number of hydrogen-bond donors (Lipinski definition) is 0. The highest BCUT2D eigenvalue weighted by atomic mass is 19.1. The molecular weight excluding hydrogens is 555 g/mol.